The molecule has 0 saturated carbocycles. The van der Waals surface area contributed by atoms with Gasteiger partial charge in [0.1, 0.15) is 0 Å². The van der Waals surface area contributed by atoms with Crippen LogP contribution in [0.3, 0.4) is 0 Å². The summed E-state index contributed by atoms with van der Waals surface area (Å²) in [4.78, 5) is 4.31. The molecule has 0 saturated heterocycles. The van der Waals surface area contributed by atoms with Crippen molar-refractivity contribution in [3.63, 3.8) is 0 Å². The zero-order valence-electron chi connectivity index (χ0n) is 12.1. The van der Waals surface area contributed by atoms with E-state index in [1.165, 1.54) is 5.56 Å². The minimum atomic E-state index is -0.772. The molecule has 0 aliphatic rings. The Labute approximate surface area is 114 Å². The van der Waals surface area contributed by atoms with E-state index in [1.807, 2.05) is 39.8 Å². The van der Waals surface area contributed by atoms with E-state index in [1.54, 1.807) is 6.20 Å². The van der Waals surface area contributed by atoms with Gasteiger partial charge in [0.05, 0.1) is 11.1 Å². The molecule has 3 heteroatoms. The quantitative estimate of drug-likeness (QED) is 0.886. The van der Waals surface area contributed by atoms with E-state index < -0.39 is 5.60 Å². The van der Waals surface area contributed by atoms with Crippen LogP contribution >= 0.6 is 0 Å². The van der Waals surface area contributed by atoms with Crippen molar-refractivity contribution in [2.45, 2.75) is 45.4 Å². The zero-order valence-corrected chi connectivity index (χ0v) is 12.1. The van der Waals surface area contributed by atoms with E-state index >= 15 is 0 Å². The van der Waals surface area contributed by atoms with Gasteiger partial charge in [-0.25, -0.2) is 0 Å². The maximum absolute atomic E-state index is 10.1. The number of hydrogen-bond acceptors (Lipinski definition) is 3. The SMILES string of the molecule is CC(C)(O)C(C)(C)NCc1ccc2ncccc2c1. The smallest absolute Gasteiger partial charge is 0.0767 e. The third kappa shape index (κ3) is 3.11. The Balaban J connectivity index is 2.14. The number of hydrogen-bond donors (Lipinski definition) is 2. The molecule has 0 aliphatic carbocycles. The van der Waals surface area contributed by atoms with Crippen LogP contribution in [0.25, 0.3) is 10.9 Å². The molecule has 0 bridgehead atoms. The first-order valence-electron chi connectivity index (χ1n) is 6.61. The molecule has 2 rings (SSSR count). The lowest BCUT2D eigenvalue weighted by molar-refractivity contribution is -0.00531. The van der Waals surface area contributed by atoms with Crippen molar-refractivity contribution in [2.75, 3.05) is 0 Å². The van der Waals surface area contributed by atoms with Crippen LogP contribution in [0.1, 0.15) is 33.3 Å². The molecule has 19 heavy (non-hydrogen) atoms. The second kappa shape index (κ2) is 4.91. The van der Waals surface area contributed by atoms with Crippen molar-refractivity contribution in [1.82, 2.24) is 10.3 Å². The van der Waals surface area contributed by atoms with E-state index in [0.717, 1.165) is 17.4 Å². The molecule has 0 fully saturated rings. The molecule has 0 radical (unpaired) electrons. The molecule has 0 aliphatic heterocycles. The third-order valence-electron chi connectivity index (χ3n) is 3.93. The van der Waals surface area contributed by atoms with Crippen LogP contribution in [0.2, 0.25) is 0 Å². The summed E-state index contributed by atoms with van der Waals surface area (Å²) in [6.45, 7) is 8.39. The second-order valence-electron chi connectivity index (χ2n) is 6.07. The molecule has 0 spiro atoms. The highest BCUT2D eigenvalue weighted by Crippen LogP contribution is 2.21. The van der Waals surface area contributed by atoms with E-state index in [4.69, 9.17) is 0 Å². The number of fused-ring (bicyclic) bond motifs is 1. The topological polar surface area (TPSA) is 45.1 Å². The van der Waals surface area contributed by atoms with Crippen molar-refractivity contribution in [3.05, 3.63) is 42.1 Å². The highest BCUT2D eigenvalue weighted by molar-refractivity contribution is 5.78. The van der Waals surface area contributed by atoms with Crippen molar-refractivity contribution in [1.29, 1.82) is 0 Å². The van der Waals surface area contributed by atoms with Gasteiger partial charge in [-0.15, -0.1) is 0 Å². The normalized spacial score (nSPS) is 12.9. The maximum Gasteiger partial charge on any atom is 0.0767 e. The van der Waals surface area contributed by atoms with Crippen LogP contribution in [-0.2, 0) is 6.54 Å². The summed E-state index contributed by atoms with van der Waals surface area (Å²) >= 11 is 0. The Morgan fingerprint density at radius 1 is 1.16 bits per heavy atom. The van der Waals surface area contributed by atoms with Gasteiger partial charge in [0.15, 0.2) is 0 Å². The van der Waals surface area contributed by atoms with E-state index in [9.17, 15) is 5.11 Å². The van der Waals surface area contributed by atoms with Crippen LogP contribution in [0.4, 0.5) is 0 Å². The number of nitrogens with zero attached hydrogens (tertiary/aromatic N) is 1. The van der Waals surface area contributed by atoms with Crippen LogP contribution in [0.15, 0.2) is 36.5 Å². The molecule has 0 unspecified atom stereocenters. The van der Waals surface area contributed by atoms with E-state index in [-0.39, 0.29) is 5.54 Å². The number of pyridine rings is 1. The van der Waals surface area contributed by atoms with Crippen LogP contribution in [0, 0.1) is 0 Å². The van der Waals surface area contributed by atoms with Gasteiger partial charge < -0.3 is 10.4 Å². The number of nitrogens with one attached hydrogen (secondary N) is 1. The lowest BCUT2D eigenvalue weighted by atomic mass is 9.86. The summed E-state index contributed by atoms with van der Waals surface area (Å²) in [5.74, 6) is 0. The maximum atomic E-state index is 10.1. The summed E-state index contributed by atoms with van der Waals surface area (Å²) < 4.78 is 0. The second-order valence-corrected chi connectivity index (χ2v) is 6.07. The molecule has 1 aromatic carbocycles. The van der Waals surface area contributed by atoms with Crippen molar-refractivity contribution in [2.24, 2.45) is 0 Å². The van der Waals surface area contributed by atoms with Crippen molar-refractivity contribution >= 4 is 10.9 Å². The largest absolute Gasteiger partial charge is 0.389 e. The Bertz CT molecular complexity index is 570. The molecule has 1 aromatic heterocycles. The minimum Gasteiger partial charge on any atom is -0.389 e. The number of benzene rings is 1. The summed E-state index contributed by atoms with van der Waals surface area (Å²) in [6.07, 6.45) is 1.80. The molecule has 0 atom stereocenters. The van der Waals surface area contributed by atoms with Gasteiger partial charge >= 0.3 is 0 Å². The summed E-state index contributed by atoms with van der Waals surface area (Å²) in [7, 11) is 0. The van der Waals surface area contributed by atoms with Crippen LogP contribution < -0.4 is 5.32 Å². The average Bonchev–Trinajstić information content (AvgIpc) is 2.35. The van der Waals surface area contributed by atoms with Crippen LogP contribution in [-0.4, -0.2) is 21.2 Å². The van der Waals surface area contributed by atoms with Crippen LogP contribution in [0.5, 0.6) is 0 Å². The molecular formula is C16H22N2O. The molecular weight excluding hydrogens is 236 g/mol. The summed E-state index contributed by atoms with van der Waals surface area (Å²) in [5.41, 5.74) is 1.08. The van der Waals surface area contributed by atoms with E-state index in [2.05, 4.69) is 28.5 Å². The monoisotopic (exact) mass is 258 g/mol. The summed E-state index contributed by atoms with van der Waals surface area (Å²) in [5, 5.41) is 14.7. The lowest BCUT2D eigenvalue weighted by Gasteiger charge is -2.38. The number of rotatable bonds is 4. The zero-order chi connectivity index (χ0) is 14.1. The van der Waals surface area contributed by atoms with Crippen molar-refractivity contribution < 1.29 is 5.11 Å². The van der Waals surface area contributed by atoms with Gasteiger partial charge in [-0.2, -0.15) is 0 Å². The third-order valence-corrected chi connectivity index (χ3v) is 3.93. The molecule has 2 aromatic rings. The molecule has 0 amide bonds. The molecule has 2 N–H and O–H groups in total. The predicted octanol–water partition coefficient (Wildman–Crippen LogP) is 2.87. The Kier molecular flexibility index (Phi) is 3.61. The predicted molar refractivity (Wildman–Crippen MR) is 79.0 cm³/mol. The summed E-state index contributed by atoms with van der Waals surface area (Å²) in [6, 6.07) is 10.2. The lowest BCUT2D eigenvalue weighted by Crippen LogP contribution is -2.55. The van der Waals surface area contributed by atoms with Gasteiger partial charge in [-0.1, -0.05) is 12.1 Å². The first kappa shape index (κ1) is 14.0. The molecule has 3 nitrogen and oxygen atoms in total. The fraction of sp³-hybridized carbons (Fsp3) is 0.438. The molecule has 1 heterocycles. The average molecular weight is 258 g/mol. The molecule has 102 valence electrons. The van der Waals surface area contributed by atoms with Crippen molar-refractivity contribution in [3.8, 4) is 0 Å². The highest BCUT2D eigenvalue weighted by Gasteiger charge is 2.34. The van der Waals surface area contributed by atoms with Gasteiger partial charge in [0.2, 0.25) is 0 Å². The van der Waals surface area contributed by atoms with E-state index in [0.29, 0.717) is 0 Å². The van der Waals surface area contributed by atoms with Gasteiger partial charge in [0.25, 0.3) is 0 Å². The standard InChI is InChI=1S/C16H22N2O/c1-15(2,16(3,4)19)18-11-12-7-8-14-13(10-12)6-5-9-17-14/h5-10,18-19H,11H2,1-4H3. The highest BCUT2D eigenvalue weighted by atomic mass is 16.3. The van der Waals surface area contributed by atoms with Gasteiger partial charge in [0, 0.05) is 23.7 Å². The first-order valence-corrected chi connectivity index (χ1v) is 6.61. The Hall–Kier alpha value is -1.45. The number of aliphatic hydroxyl groups is 1. The fourth-order valence-corrected chi connectivity index (χ4v) is 1.77. The first-order chi connectivity index (χ1) is 8.79. The van der Waals surface area contributed by atoms with Gasteiger partial charge in [-0.05, 0) is 51.5 Å². The van der Waals surface area contributed by atoms with Gasteiger partial charge in [-0.3, -0.25) is 4.98 Å². The minimum absolute atomic E-state index is 0.350. The Morgan fingerprint density at radius 2 is 1.89 bits per heavy atom. The fourth-order valence-electron chi connectivity index (χ4n) is 1.77. The Morgan fingerprint density at radius 3 is 2.58 bits per heavy atom. The number of aromatic nitrogens is 1.